The first-order chi connectivity index (χ1) is 15.3. The summed E-state index contributed by atoms with van der Waals surface area (Å²) in [7, 11) is -3.75. The number of carbonyl (C=O) groups is 2. The molecule has 1 atom stereocenters. The average Bonchev–Trinajstić information content (AvgIpc) is 3.42. The molecule has 1 unspecified atom stereocenters. The van der Waals surface area contributed by atoms with Crippen molar-refractivity contribution in [3.63, 3.8) is 0 Å². The van der Waals surface area contributed by atoms with Crippen LogP contribution in [0.5, 0.6) is 0 Å². The van der Waals surface area contributed by atoms with Gasteiger partial charge in [0.15, 0.2) is 0 Å². The van der Waals surface area contributed by atoms with E-state index in [0.717, 1.165) is 54.3 Å². The number of nitrogens with two attached hydrogens (primary N) is 1. The van der Waals surface area contributed by atoms with Gasteiger partial charge in [0.2, 0.25) is 5.91 Å². The Morgan fingerprint density at radius 2 is 2.09 bits per heavy atom. The Morgan fingerprint density at radius 3 is 2.78 bits per heavy atom. The van der Waals surface area contributed by atoms with Gasteiger partial charge in [-0.2, -0.15) is 4.31 Å². The molecule has 2 aromatic heterocycles. The van der Waals surface area contributed by atoms with E-state index < -0.39 is 27.9 Å². The summed E-state index contributed by atoms with van der Waals surface area (Å²) < 4.78 is 27.8. The monoisotopic (exact) mass is 496 g/mol. The minimum Gasteiger partial charge on any atom is -0.365 e. The number of nitrogens with one attached hydrogen (secondary N) is 1. The van der Waals surface area contributed by atoms with E-state index in [1.54, 1.807) is 17.5 Å². The van der Waals surface area contributed by atoms with Crippen molar-refractivity contribution in [1.29, 1.82) is 0 Å². The van der Waals surface area contributed by atoms with E-state index in [1.807, 2.05) is 0 Å². The molecule has 0 saturated carbocycles. The van der Waals surface area contributed by atoms with Gasteiger partial charge < -0.3 is 11.1 Å². The van der Waals surface area contributed by atoms with Gasteiger partial charge in [0, 0.05) is 24.5 Å². The number of hydrogen-bond donors (Lipinski definition) is 2. The number of carbonyl (C=O) groups excluding carboxylic acids is 2. The van der Waals surface area contributed by atoms with Gasteiger partial charge in [0.25, 0.3) is 15.9 Å². The molecule has 0 radical (unpaired) electrons. The van der Waals surface area contributed by atoms with E-state index >= 15 is 0 Å². The van der Waals surface area contributed by atoms with Crippen molar-refractivity contribution in [2.75, 3.05) is 25.0 Å². The van der Waals surface area contributed by atoms with Crippen molar-refractivity contribution in [2.45, 2.75) is 55.8 Å². The minimum atomic E-state index is -3.75. The molecule has 0 spiro atoms. The number of thiophene rings is 2. The maximum atomic E-state index is 13.3. The first-order valence-electron chi connectivity index (χ1n) is 10.9. The summed E-state index contributed by atoms with van der Waals surface area (Å²) in [5, 5.41) is 5.02. The lowest BCUT2D eigenvalue weighted by Crippen LogP contribution is -2.49. The van der Waals surface area contributed by atoms with Crippen molar-refractivity contribution >= 4 is 49.5 Å². The van der Waals surface area contributed by atoms with Gasteiger partial charge in [-0.25, -0.2) is 8.42 Å². The fourth-order valence-electron chi connectivity index (χ4n) is 4.49. The minimum absolute atomic E-state index is 0.234. The van der Waals surface area contributed by atoms with Crippen molar-refractivity contribution in [1.82, 2.24) is 9.21 Å². The van der Waals surface area contributed by atoms with Crippen LogP contribution in [-0.2, 0) is 27.8 Å². The van der Waals surface area contributed by atoms with E-state index in [0.29, 0.717) is 36.4 Å². The van der Waals surface area contributed by atoms with Crippen LogP contribution >= 0.6 is 22.7 Å². The molecule has 11 heteroatoms. The molecule has 174 valence electrons. The molecule has 8 nitrogen and oxygen atoms in total. The molecular formula is C21H28N4O4S3. The zero-order valence-electron chi connectivity index (χ0n) is 18.0. The fourth-order valence-corrected chi connectivity index (χ4v) is 8.56. The van der Waals surface area contributed by atoms with Crippen LogP contribution in [0.15, 0.2) is 21.7 Å². The summed E-state index contributed by atoms with van der Waals surface area (Å²) in [4.78, 5) is 28.9. The van der Waals surface area contributed by atoms with Crippen molar-refractivity contribution in [3.8, 4) is 0 Å². The molecule has 4 rings (SSSR count). The number of amides is 2. The number of fused-ring (bicyclic) bond motifs is 1. The fraction of sp³-hybridized carbons (Fsp3) is 0.524. The molecule has 0 aromatic carbocycles. The van der Waals surface area contributed by atoms with Crippen LogP contribution in [0.1, 0.15) is 53.4 Å². The van der Waals surface area contributed by atoms with Gasteiger partial charge in [0.05, 0.1) is 5.56 Å². The Bertz CT molecular complexity index is 1090. The third-order valence-corrected chi connectivity index (χ3v) is 10.4. The molecule has 1 saturated heterocycles. The zero-order chi connectivity index (χ0) is 22.9. The van der Waals surface area contributed by atoms with Crippen molar-refractivity contribution in [2.24, 2.45) is 5.73 Å². The van der Waals surface area contributed by atoms with Crippen LogP contribution in [0, 0.1) is 0 Å². The van der Waals surface area contributed by atoms with E-state index in [2.05, 4.69) is 17.1 Å². The Hall–Kier alpha value is -1.79. The Morgan fingerprint density at radius 1 is 1.28 bits per heavy atom. The first kappa shape index (κ1) is 23.4. The van der Waals surface area contributed by atoms with Crippen LogP contribution in [0.2, 0.25) is 0 Å². The van der Waals surface area contributed by atoms with Crippen molar-refractivity contribution < 1.29 is 18.0 Å². The van der Waals surface area contributed by atoms with Gasteiger partial charge >= 0.3 is 0 Å². The molecule has 32 heavy (non-hydrogen) atoms. The number of primary amides is 1. The van der Waals surface area contributed by atoms with Gasteiger partial charge in [-0.1, -0.05) is 19.4 Å². The Balaban J connectivity index is 1.60. The number of rotatable bonds is 7. The topological polar surface area (TPSA) is 113 Å². The van der Waals surface area contributed by atoms with Gasteiger partial charge in [-0.05, 0) is 49.2 Å². The first-order valence-corrected chi connectivity index (χ1v) is 14.0. The van der Waals surface area contributed by atoms with E-state index in [-0.39, 0.29) is 4.21 Å². The highest BCUT2D eigenvalue weighted by molar-refractivity contribution is 7.91. The lowest BCUT2D eigenvalue weighted by molar-refractivity contribution is -0.120. The second kappa shape index (κ2) is 9.60. The van der Waals surface area contributed by atoms with Gasteiger partial charge in [-0.3, -0.25) is 14.5 Å². The molecule has 3 N–H and O–H groups in total. The summed E-state index contributed by atoms with van der Waals surface area (Å²) in [5.74, 6) is -0.968. The number of piperidine rings is 1. The lowest BCUT2D eigenvalue weighted by atomic mass is 10.0. The summed E-state index contributed by atoms with van der Waals surface area (Å²) in [6.07, 6.45) is 3.68. The second-order valence-electron chi connectivity index (χ2n) is 8.15. The quantitative estimate of drug-likeness (QED) is 0.612. The molecule has 2 aliphatic heterocycles. The molecular weight excluding hydrogens is 468 g/mol. The molecule has 2 aliphatic rings. The largest absolute Gasteiger partial charge is 0.365 e. The number of nitrogens with zero attached hydrogens (tertiary/aromatic N) is 2. The van der Waals surface area contributed by atoms with Crippen LogP contribution in [0.4, 0.5) is 5.00 Å². The molecule has 1 fully saturated rings. The maximum absolute atomic E-state index is 13.3. The van der Waals surface area contributed by atoms with E-state index in [9.17, 15) is 18.0 Å². The van der Waals surface area contributed by atoms with E-state index in [4.69, 9.17) is 5.73 Å². The predicted octanol–water partition coefficient (Wildman–Crippen LogP) is 2.86. The van der Waals surface area contributed by atoms with Crippen molar-refractivity contribution in [3.05, 3.63) is 33.5 Å². The average molecular weight is 497 g/mol. The van der Waals surface area contributed by atoms with Crippen LogP contribution < -0.4 is 11.1 Å². The lowest BCUT2D eigenvalue weighted by Gasteiger charge is -2.33. The third-order valence-electron chi connectivity index (χ3n) is 5.97. The third kappa shape index (κ3) is 4.49. The highest BCUT2D eigenvalue weighted by Crippen LogP contribution is 2.38. The summed E-state index contributed by atoms with van der Waals surface area (Å²) in [6, 6.07) is 2.44. The smallest absolute Gasteiger partial charge is 0.253 e. The van der Waals surface area contributed by atoms with Gasteiger partial charge in [-0.15, -0.1) is 22.7 Å². The molecule has 4 heterocycles. The highest BCUT2D eigenvalue weighted by atomic mass is 32.2. The summed E-state index contributed by atoms with van der Waals surface area (Å²) in [6.45, 7) is 4.98. The predicted molar refractivity (Wildman–Crippen MR) is 127 cm³/mol. The standard InChI is InChI=1S/C21H28N4O4S3/c1-2-9-24-11-8-14-16(13-24)31-21(18(14)19(22)26)23-20(27)15-6-3-4-10-25(15)32(28,29)17-7-5-12-30-17/h5,7,12,15H,2-4,6,8-11,13H2,1H3,(H2,22,26)(H,23,27). The Kier molecular flexibility index (Phi) is 7.01. The molecule has 2 amide bonds. The molecule has 0 bridgehead atoms. The maximum Gasteiger partial charge on any atom is 0.253 e. The summed E-state index contributed by atoms with van der Waals surface area (Å²) in [5.41, 5.74) is 6.98. The van der Waals surface area contributed by atoms with E-state index in [1.165, 1.54) is 15.6 Å². The van der Waals surface area contributed by atoms with Crippen LogP contribution in [-0.4, -0.2) is 55.1 Å². The van der Waals surface area contributed by atoms with Gasteiger partial charge in [0.1, 0.15) is 15.3 Å². The number of sulfonamides is 1. The normalized spacial score (nSPS) is 20.1. The number of hydrogen-bond acceptors (Lipinski definition) is 7. The SMILES string of the molecule is CCCN1CCc2c(sc(NC(=O)C3CCCCN3S(=O)(=O)c3cccs3)c2C(N)=O)C1. The number of anilines is 1. The molecule has 0 aliphatic carbocycles. The Labute approximate surface area is 196 Å². The van der Waals surface area contributed by atoms with Crippen LogP contribution in [0.3, 0.4) is 0 Å². The zero-order valence-corrected chi connectivity index (χ0v) is 20.5. The second-order valence-corrected chi connectivity index (χ2v) is 12.3. The summed E-state index contributed by atoms with van der Waals surface area (Å²) >= 11 is 2.52. The highest BCUT2D eigenvalue weighted by Gasteiger charge is 2.39. The molecule has 2 aromatic rings. The van der Waals surface area contributed by atoms with Crippen LogP contribution in [0.25, 0.3) is 0 Å².